The third kappa shape index (κ3) is 2.63. The van der Waals surface area contributed by atoms with Gasteiger partial charge >= 0.3 is 5.97 Å². The molecule has 7 nitrogen and oxygen atoms in total. The number of nitrogens with one attached hydrogen (secondary N) is 1. The molecule has 0 unspecified atom stereocenters. The molecule has 8 heteroatoms. The van der Waals surface area contributed by atoms with Crippen molar-refractivity contribution in [1.82, 2.24) is 9.80 Å². The van der Waals surface area contributed by atoms with E-state index in [1.165, 1.54) is 16.7 Å². The lowest BCUT2D eigenvalue weighted by Gasteiger charge is -2.44. The third-order valence-electron chi connectivity index (χ3n) is 4.82. The summed E-state index contributed by atoms with van der Waals surface area (Å²) in [5.74, 6) is -1.33. The maximum Gasteiger partial charge on any atom is 0.353 e. The number of aliphatic hydroxyl groups is 1. The summed E-state index contributed by atoms with van der Waals surface area (Å²) < 4.78 is 0. The van der Waals surface area contributed by atoms with E-state index in [4.69, 9.17) is 5.41 Å². The molecule has 3 aliphatic rings. The molecule has 3 rings (SSSR count). The fourth-order valence-electron chi connectivity index (χ4n) is 3.67. The molecule has 3 aliphatic heterocycles. The van der Waals surface area contributed by atoms with Gasteiger partial charge in [0.1, 0.15) is 5.70 Å². The normalized spacial score (nSPS) is 31.3. The standard InChI is InChI=1S/C15H21N3O4S/c1-7(19)12-10-5-11(13(15(21)22)18(10)14(12)20)23-9-3-4-17(6-9)8(2)16/h7,9-10,12,16,19H,3-6H2,1-2H3,(H,21,22)/t7-,9+,10-,12+/m1/s1. The van der Waals surface area contributed by atoms with E-state index in [2.05, 4.69) is 0 Å². The van der Waals surface area contributed by atoms with Gasteiger partial charge in [-0.25, -0.2) is 4.79 Å². The van der Waals surface area contributed by atoms with E-state index >= 15 is 0 Å². The van der Waals surface area contributed by atoms with Crippen molar-refractivity contribution in [2.24, 2.45) is 5.92 Å². The number of carbonyl (C=O) groups excluding carboxylic acids is 1. The topological polar surface area (TPSA) is 105 Å². The van der Waals surface area contributed by atoms with Crippen LogP contribution in [0.25, 0.3) is 0 Å². The number of hydrogen-bond donors (Lipinski definition) is 3. The van der Waals surface area contributed by atoms with Crippen LogP contribution in [0.4, 0.5) is 0 Å². The number of aliphatic hydroxyl groups excluding tert-OH is 1. The minimum Gasteiger partial charge on any atom is -0.477 e. The fourth-order valence-corrected chi connectivity index (χ4v) is 5.11. The molecule has 0 aromatic heterocycles. The Balaban J connectivity index is 1.75. The van der Waals surface area contributed by atoms with Crippen molar-refractivity contribution in [1.29, 1.82) is 5.41 Å². The highest BCUT2D eigenvalue weighted by atomic mass is 32.2. The number of rotatable bonds is 4. The van der Waals surface area contributed by atoms with Gasteiger partial charge in [-0.2, -0.15) is 0 Å². The van der Waals surface area contributed by atoms with Gasteiger partial charge in [0, 0.05) is 29.7 Å². The number of amides is 1. The van der Waals surface area contributed by atoms with Gasteiger partial charge in [0.2, 0.25) is 5.91 Å². The number of amidine groups is 1. The first-order chi connectivity index (χ1) is 10.8. The molecule has 2 saturated heterocycles. The first-order valence-electron chi connectivity index (χ1n) is 7.75. The lowest BCUT2D eigenvalue weighted by Crippen LogP contribution is -2.61. The van der Waals surface area contributed by atoms with Crippen LogP contribution in [-0.4, -0.2) is 68.2 Å². The number of hydrogen-bond acceptors (Lipinski definition) is 5. The van der Waals surface area contributed by atoms with Crippen molar-refractivity contribution >= 4 is 29.5 Å². The van der Waals surface area contributed by atoms with Crippen molar-refractivity contribution in [3.63, 3.8) is 0 Å². The molecule has 3 N–H and O–H groups in total. The summed E-state index contributed by atoms with van der Waals surface area (Å²) in [6.45, 7) is 4.87. The average Bonchev–Trinajstić information content (AvgIpc) is 3.02. The summed E-state index contributed by atoms with van der Waals surface area (Å²) >= 11 is 1.52. The molecule has 1 amide bonds. The zero-order chi connectivity index (χ0) is 16.9. The second-order valence-corrected chi connectivity index (χ2v) is 7.78. The largest absolute Gasteiger partial charge is 0.477 e. The Morgan fingerprint density at radius 1 is 1.48 bits per heavy atom. The van der Waals surface area contributed by atoms with Crippen molar-refractivity contribution in [2.75, 3.05) is 13.1 Å². The smallest absolute Gasteiger partial charge is 0.353 e. The van der Waals surface area contributed by atoms with Gasteiger partial charge in [0.05, 0.1) is 23.9 Å². The van der Waals surface area contributed by atoms with Gasteiger partial charge in [-0.1, -0.05) is 0 Å². The van der Waals surface area contributed by atoms with Crippen molar-refractivity contribution in [2.45, 2.75) is 44.1 Å². The van der Waals surface area contributed by atoms with Crippen LogP contribution in [-0.2, 0) is 9.59 Å². The highest BCUT2D eigenvalue weighted by Gasteiger charge is 2.57. The number of carboxylic acids is 1. The maximum absolute atomic E-state index is 12.1. The first-order valence-corrected chi connectivity index (χ1v) is 8.63. The van der Waals surface area contributed by atoms with Gasteiger partial charge < -0.3 is 20.0 Å². The number of β-lactam (4-membered cyclic amide) rings is 1. The Hall–Kier alpha value is -1.54. The highest BCUT2D eigenvalue weighted by Crippen LogP contribution is 2.48. The van der Waals surface area contributed by atoms with E-state index in [9.17, 15) is 19.8 Å². The summed E-state index contributed by atoms with van der Waals surface area (Å²) in [6, 6.07) is -0.224. The number of carboxylic acid groups (broad SMARTS) is 1. The van der Waals surface area contributed by atoms with Gasteiger partial charge in [0.15, 0.2) is 0 Å². The Labute approximate surface area is 138 Å². The van der Waals surface area contributed by atoms with Crippen molar-refractivity contribution < 1.29 is 19.8 Å². The van der Waals surface area contributed by atoms with E-state index in [1.54, 1.807) is 13.8 Å². The van der Waals surface area contributed by atoms with E-state index < -0.39 is 18.0 Å². The Bertz CT molecular complexity index is 604. The number of thioether (sulfide) groups is 1. The fraction of sp³-hybridized carbons (Fsp3) is 0.667. The van der Waals surface area contributed by atoms with E-state index in [1.807, 2.05) is 4.90 Å². The minimum atomic E-state index is -1.08. The predicted octanol–water partition coefficient (Wildman–Crippen LogP) is 0.699. The lowest BCUT2D eigenvalue weighted by molar-refractivity contribution is -0.161. The van der Waals surface area contributed by atoms with E-state index in [0.29, 0.717) is 12.3 Å². The van der Waals surface area contributed by atoms with E-state index in [-0.39, 0.29) is 22.9 Å². The van der Waals surface area contributed by atoms with Crippen LogP contribution in [0.15, 0.2) is 10.6 Å². The maximum atomic E-state index is 12.1. The molecule has 0 aromatic rings. The summed E-state index contributed by atoms with van der Waals surface area (Å²) in [5, 5.41) is 27.1. The van der Waals surface area contributed by atoms with Crippen LogP contribution in [0.2, 0.25) is 0 Å². The number of likely N-dealkylation sites (tertiary alicyclic amines) is 1. The molecule has 0 bridgehead atoms. The monoisotopic (exact) mass is 339 g/mol. The summed E-state index contributed by atoms with van der Waals surface area (Å²) in [4.78, 5) is 27.8. The minimum absolute atomic E-state index is 0.0897. The van der Waals surface area contributed by atoms with Crippen LogP contribution in [0, 0.1) is 11.3 Å². The molecule has 0 aromatic carbocycles. The molecule has 126 valence electrons. The molecule has 0 aliphatic carbocycles. The number of carbonyl (C=O) groups is 2. The van der Waals surface area contributed by atoms with Crippen LogP contribution < -0.4 is 0 Å². The molecule has 0 saturated carbocycles. The third-order valence-corrected chi connectivity index (χ3v) is 6.18. The van der Waals surface area contributed by atoms with Gasteiger partial charge in [-0.05, 0) is 20.3 Å². The van der Waals surface area contributed by atoms with Crippen molar-refractivity contribution in [3.05, 3.63) is 10.6 Å². The summed E-state index contributed by atoms with van der Waals surface area (Å²) in [6.07, 6.45) is 0.648. The summed E-state index contributed by atoms with van der Waals surface area (Å²) in [5.41, 5.74) is 0.0897. The SMILES string of the molecule is CC(=N)N1CC[C@H](SC2=C(C(=O)O)N3C(=O)[C@@H]([C@@H](C)O)[C@H]3C2)C1. The zero-order valence-electron chi connectivity index (χ0n) is 13.2. The molecule has 0 radical (unpaired) electrons. The quantitative estimate of drug-likeness (QED) is 0.396. The van der Waals surface area contributed by atoms with Crippen LogP contribution in [0.3, 0.4) is 0 Å². The zero-order valence-corrected chi connectivity index (χ0v) is 14.0. The highest BCUT2D eigenvalue weighted by molar-refractivity contribution is 8.03. The van der Waals surface area contributed by atoms with E-state index in [0.717, 1.165) is 24.4 Å². The van der Waals surface area contributed by atoms with Crippen LogP contribution >= 0.6 is 11.8 Å². The molecular formula is C15H21N3O4S. The Kier molecular flexibility index (Phi) is 4.14. The lowest BCUT2D eigenvalue weighted by atomic mass is 9.83. The molecule has 2 fully saturated rings. The Morgan fingerprint density at radius 3 is 2.70 bits per heavy atom. The number of nitrogens with zero attached hydrogens (tertiary/aromatic N) is 2. The number of aliphatic carboxylic acids is 1. The second-order valence-electron chi connectivity index (χ2n) is 6.38. The van der Waals surface area contributed by atoms with Gasteiger partial charge in [0.25, 0.3) is 0 Å². The predicted molar refractivity (Wildman–Crippen MR) is 86.1 cm³/mol. The molecular weight excluding hydrogens is 318 g/mol. The Morgan fingerprint density at radius 2 is 2.17 bits per heavy atom. The average molecular weight is 339 g/mol. The van der Waals surface area contributed by atoms with Gasteiger partial charge in [-0.3, -0.25) is 10.2 Å². The van der Waals surface area contributed by atoms with Crippen LogP contribution in [0.1, 0.15) is 26.7 Å². The molecule has 0 spiro atoms. The molecule has 3 heterocycles. The van der Waals surface area contributed by atoms with Crippen molar-refractivity contribution in [3.8, 4) is 0 Å². The summed E-state index contributed by atoms with van der Waals surface area (Å²) in [7, 11) is 0. The second kappa shape index (κ2) is 5.83. The molecule has 4 atom stereocenters. The number of fused-ring (bicyclic) bond motifs is 1. The first kappa shape index (κ1) is 16.3. The van der Waals surface area contributed by atoms with Gasteiger partial charge in [-0.15, -0.1) is 11.8 Å². The molecule has 23 heavy (non-hydrogen) atoms. The van der Waals surface area contributed by atoms with Crippen LogP contribution in [0.5, 0.6) is 0 Å².